The molecule has 1 aromatic heterocycles. The molecular weight excluding hydrogens is 384 g/mol. The first kappa shape index (κ1) is 15.5. The first-order valence-electron chi connectivity index (χ1n) is 6.27. The fourth-order valence-corrected chi connectivity index (χ4v) is 3.26. The number of hydrogen-bond donors (Lipinski definition) is 1. The summed E-state index contributed by atoms with van der Waals surface area (Å²) in [6, 6.07) is 10.4. The van der Waals surface area contributed by atoms with E-state index in [1.54, 1.807) is 7.11 Å². The van der Waals surface area contributed by atoms with Gasteiger partial charge in [-0.2, -0.15) is 0 Å². The molecule has 0 aliphatic heterocycles. The Balaban J connectivity index is 1.98. The Morgan fingerprint density at radius 1 is 1.25 bits per heavy atom. The first-order valence-corrected chi connectivity index (χ1v) is 7.86. The second-order valence-electron chi connectivity index (χ2n) is 4.48. The summed E-state index contributed by atoms with van der Waals surface area (Å²) in [5.74, 6) is 0.637. The van der Waals surface area contributed by atoms with E-state index in [9.17, 15) is 0 Å². The van der Waals surface area contributed by atoms with Crippen molar-refractivity contribution in [2.24, 2.45) is 0 Å². The van der Waals surface area contributed by atoms with Crippen molar-refractivity contribution >= 4 is 31.9 Å². The molecule has 1 heterocycles. The standard InChI is InChI=1S/C15H16Br2N2O/c1-10(13-5-4-12(16)7-14(13)17)18-8-11-3-6-15(20-2)19-9-11/h3-7,9-10,18H,8H2,1-2H3. The number of halogens is 2. The molecule has 1 N–H and O–H groups in total. The highest BCUT2D eigenvalue weighted by atomic mass is 79.9. The Morgan fingerprint density at radius 3 is 2.65 bits per heavy atom. The maximum atomic E-state index is 5.05. The van der Waals surface area contributed by atoms with Crippen LogP contribution in [0.1, 0.15) is 24.1 Å². The minimum Gasteiger partial charge on any atom is -0.481 e. The number of aromatic nitrogens is 1. The van der Waals surface area contributed by atoms with Crippen LogP contribution in [0.15, 0.2) is 45.5 Å². The van der Waals surface area contributed by atoms with Gasteiger partial charge in [0.15, 0.2) is 0 Å². The molecule has 0 aliphatic carbocycles. The second kappa shape index (κ2) is 7.20. The summed E-state index contributed by atoms with van der Waals surface area (Å²) in [5, 5.41) is 3.49. The van der Waals surface area contributed by atoms with Crippen LogP contribution in [0.4, 0.5) is 0 Å². The molecule has 1 atom stereocenters. The Kier molecular flexibility index (Phi) is 5.57. The maximum absolute atomic E-state index is 5.05. The Hall–Kier alpha value is -0.910. The number of nitrogens with zero attached hydrogens (tertiary/aromatic N) is 1. The molecule has 0 saturated heterocycles. The number of methoxy groups -OCH3 is 1. The van der Waals surface area contributed by atoms with E-state index < -0.39 is 0 Å². The van der Waals surface area contributed by atoms with Crippen LogP contribution in [0, 0.1) is 0 Å². The first-order chi connectivity index (χ1) is 9.60. The van der Waals surface area contributed by atoms with Gasteiger partial charge in [-0.15, -0.1) is 0 Å². The predicted molar refractivity (Wildman–Crippen MR) is 87.9 cm³/mol. The zero-order chi connectivity index (χ0) is 14.5. The van der Waals surface area contributed by atoms with Gasteiger partial charge in [0.2, 0.25) is 5.88 Å². The van der Waals surface area contributed by atoms with Crippen molar-refractivity contribution in [3.05, 3.63) is 56.6 Å². The van der Waals surface area contributed by atoms with E-state index in [4.69, 9.17) is 4.74 Å². The summed E-state index contributed by atoms with van der Waals surface area (Å²) in [6.45, 7) is 2.91. The fourth-order valence-electron chi connectivity index (χ4n) is 1.87. The van der Waals surface area contributed by atoms with E-state index in [0.717, 1.165) is 21.1 Å². The molecule has 1 unspecified atom stereocenters. The van der Waals surface area contributed by atoms with Crippen LogP contribution in [-0.4, -0.2) is 12.1 Å². The Labute approximate surface area is 136 Å². The van der Waals surface area contributed by atoms with Gasteiger partial charge in [0, 0.05) is 33.8 Å². The van der Waals surface area contributed by atoms with Crippen LogP contribution in [0.25, 0.3) is 0 Å². The zero-order valence-corrected chi connectivity index (χ0v) is 14.5. The van der Waals surface area contributed by atoms with Crippen LogP contribution in [0.2, 0.25) is 0 Å². The summed E-state index contributed by atoms with van der Waals surface area (Å²) in [6.07, 6.45) is 1.83. The molecule has 20 heavy (non-hydrogen) atoms. The molecule has 2 rings (SSSR count). The van der Waals surface area contributed by atoms with E-state index in [0.29, 0.717) is 5.88 Å². The molecule has 0 aliphatic rings. The van der Waals surface area contributed by atoms with Gasteiger partial charge in [-0.05, 0) is 30.2 Å². The molecule has 0 radical (unpaired) electrons. The molecule has 0 amide bonds. The number of hydrogen-bond acceptors (Lipinski definition) is 3. The van der Waals surface area contributed by atoms with Crippen molar-refractivity contribution in [2.45, 2.75) is 19.5 Å². The summed E-state index contributed by atoms with van der Waals surface area (Å²) >= 11 is 7.06. The van der Waals surface area contributed by atoms with Gasteiger partial charge < -0.3 is 10.1 Å². The third kappa shape index (κ3) is 4.04. The molecule has 0 fully saturated rings. The third-order valence-electron chi connectivity index (χ3n) is 3.05. The largest absolute Gasteiger partial charge is 0.481 e. The van der Waals surface area contributed by atoms with E-state index in [1.165, 1.54) is 5.56 Å². The average molecular weight is 400 g/mol. The van der Waals surface area contributed by atoms with Crippen molar-refractivity contribution < 1.29 is 4.74 Å². The van der Waals surface area contributed by atoms with Crippen LogP contribution < -0.4 is 10.1 Å². The predicted octanol–water partition coefficient (Wildman–Crippen LogP) is 4.47. The van der Waals surface area contributed by atoms with Gasteiger partial charge in [-0.3, -0.25) is 0 Å². The smallest absolute Gasteiger partial charge is 0.212 e. The average Bonchev–Trinajstić information content (AvgIpc) is 2.45. The molecule has 1 aromatic carbocycles. The number of ether oxygens (including phenoxy) is 1. The monoisotopic (exact) mass is 398 g/mol. The fraction of sp³-hybridized carbons (Fsp3) is 0.267. The number of pyridine rings is 1. The van der Waals surface area contributed by atoms with Crippen LogP contribution in [0.5, 0.6) is 5.88 Å². The highest BCUT2D eigenvalue weighted by Gasteiger charge is 2.09. The van der Waals surface area contributed by atoms with Crippen LogP contribution in [-0.2, 0) is 6.54 Å². The van der Waals surface area contributed by atoms with Gasteiger partial charge in [-0.25, -0.2) is 4.98 Å². The van der Waals surface area contributed by atoms with Crippen molar-refractivity contribution in [1.29, 1.82) is 0 Å². The Bertz CT molecular complexity index is 573. The van der Waals surface area contributed by atoms with Gasteiger partial charge in [0.1, 0.15) is 0 Å². The second-order valence-corrected chi connectivity index (χ2v) is 6.25. The SMILES string of the molecule is COc1ccc(CNC(C)c2ccc(Br)cc2Br)cn1. The lowest BCUT2D eigenvalue weighted by atomic mass is 10.1. The van der Waals surface area contributed by atoms with Crippen molar-refractivity contribution in [3.63, 3.8) is 0 Å². The number of nitrogens with one attached hydrogen (secondary N) is 1. The molecule has 0 spiro atoms. The quantitative estimate of drug-likeness (QED) is 0.805. The summed E-state index contributed by atoms with van der Waals surface area (Å²) in [5.41, 5.74) is 2.36. The highest BCUT2D eigenvalue weighted by Crippen LogP contribution is 2.26. The van der Waals surface area contributed by atoms with Crippen molar-refractivity contribution in [3.8, 4) is 5.88 Å². The van der Waals surface area contributed by atoms with Crippen molar-refractivity contribution in [1.82, 2.24) is 10.3 Å². The topological polar surface area (TPSA) is 34.1 Å². The number of benzene rings is 1. The minimum atomic E-state index is 0.250. The number of rotatable bonds is 5. The maximum Gasteiger partial charge on any atom is 0.212 e. The van der Waals surface area contributed by atoms with Gasteiger partial charge in [0.25, 0.3) is 0 Å². The lowest BCUT2D eigenvalue weighted by Gasteiger charge is -2.16. The lowest BCUT2D eigenvalue weighted by molar-refractivity contribution is 0.397. The summed E-state index contributed by atoms with van der Waals surface area (Å²) in [4.78, 5) is 4.20. The highest BCUT2D eigenvalue weighted by molar-refractivity contribution is 9.11. The van der Waals surface area contributed by atoms with E-state index in [-0.39, 0.29) is 6.04 Å². The third-order valence-corrected chi connectivity index (χ3v) is 4.23. The molecule has 3 nitrogen and oxygen atoms in total. The normalized spacial score (nSPS) is 12.2. The van der Waals surface area contributed by atoms with Gasteiger partial charge in [0.05, 0.1) is 7.11 Å². The molecule has 106 valence electrons. The van der Waals surface area contributed by atoms with Gasteiger partial charge in [-0.1, -0.05) is 44.0 Å². The Morgan fingerprint density at radius 2 is 2.05 bits per heavy atom. The van der Waals surface area contributed by atoms with E-state index in [2.05, 4.69) is 61.2 Å². The minimum absolute atomic E-state index is 0.250. The van der Waals surface area contributed by atoms with Gasteiger partial charge >= 0.3 is 0 Å². The summed E-state index contributed by atoms with van der Waals surface area (Å²) < 4.78 is 7.21. The van der Waals surface area contributed by atoms with E-state index in [1.807, 2.05) is 24.4 Å². The van der Waals surface area contributed by atoms with Crippen LogP contribution >= 0.6 is 31.9 Å². The summed E-state index contributed by atoms with van der Waals surface area (Å²) in [7, 11) is 1.62. The molecule has 0 bridgehead atoms. The van der Waals surface area contributed by atoms with Crippen LogP contribution in [0.3, 0.4) is 0 Å². The van der Waals surface area contributed by atoms with Crippen molar-refractivity contribution in [2.75, 3.05) is 7.11 Å². The molecule has 2 aromatic rings. The molecule has 5 heteroatoms. The van der Waals surface area contributed by atoms with E-state index >= 15 is 0 Å². The molecule has 0 saturated carbocycles. The molecular formula is C15H16Br2N2O. The zero-order valence-electron chi connectivity index (χ0n) is 11.4. The lowest BCUT2D eigenvalue weighted by Crippen LogP contribution is -2.18.